The number of hydrogen-bond acceptors (Lipinski definition) is 3. The van der Waals surface area contributed by atoms with Crippen molar-refractivity contribution in [2.45, 2.75) is 46.9 Å². The average molecular weight is 287 g/mol. The van der Waals surface area contributed by atoms with E-state index in [2.05, 4.69) is 55.5 Å². The molecular weight excluding hydrogens is 262 g/mol. The number of nitrogens with zero attached hydrogens (tertiary/aromatic N) is 2. The molecule has 0 saturated carbocycles. The van der Waals surface area contributed by atoms with E-state index in [4.69, 9.17) is 4.74 Å². The molecule has 4 nitrogen and oxygen atoms in total. The van der Waals surface area contributed by atoms with Crippen LogP contribution in [0.3, 0.4) is 0 Å². The Hall–Kier alpha value is -1.81. The van der Waals surface area contributed by atoms with Crippen LogP contribution in [-0.2, 0) is 26.1 Å². The summed E-state index contributed by atoms with van der Waals surface area (Å²) in [6.45, 7) is 8.57. The van der Waals surface area contributed by atoms with Crippen molar-refractivity contribution in [3.63, 3.8) is 0 Å². The highest BCUT2D eigenvalue weighted by molar-refractivity contribution is 5.37. The second-order valence-corrected chi connectivity index (χ2v) is 5.23. The first-order chi connectivity index (χ1) is 10.2. The van der Waals surface area contributed by atoms with E-state index in [0.717, 1.165) is 36.6 Å². The van der Waals surface area contributed by atoms with Gasteiger partial charge in [0, 0.05) is 18.7 Å². The molecule has 2 rings (SSSR count). The van der Waals surface area contributed by atoms with Crippen LogP contribution in [0.1, 0.15) is 36.4 Å². The molecule has 4 heteroatoms. The Morgan fingerprint density at radius 1 is 1.24 bits per heavy atom. The zero-order chi connectivity index (χ0) is 15.2. The van der Waals surface area contributed by atoms with Crippen LogP contribution in [0.25, 0.3) is 0 Å². The number of rotatable bonds is 7. The van der Waals surface area contributed by atoms with Crippen molar-refractivity contribution in [1.82, 2.24) is 15.1 Å². The number of ether oxygens (including phenoxy) is 1. The molecule has 0 unspecified atom stereocenters. The van der Waals surface area contributed by atoms with E-state index in [0.29, 0.717) is 6.61 Å². The van der Waals surface area contributed by atoms with E-state index in [1.54, 1.807) is 0 Å². The predicted octanol–water partition coefficient (Wildman–Crippen LogP) is 3.07. The van der Waals surface area contributed by atoms with Crippen LogP contribution in [0, 0.1) is 6.92 Å². The molecule has 1 aromatic heterocycles. The van der Waals surface area contributed by atoms with Gasteiger partial charge in [0.05, 0.1) is 11.4 Å². The Balaban J connectivity index is 2.14. The van der Waals surface area contributed by atoms with Crippen LogP contribution >= 0.6 is 0 Å². The van der Waals surface area contributed by atoms with Crippen molar-refractivity contribution in [1.29, 1.82) is 0 Å². The highest BCUT2D eigenvalue weighted by Gasteiger charge is 2.08. The van der Waals surface area contributed by atoms with E-state index in [9.17, 15) is 0 Å². The summed E-state index contributed by atoms with van der Waals surface area (Å²) in [5.41, 5.74) is 4.69. The van der Waals surface area contributed by atoms with E-state index in [1.807, 2.05) is 11.7 Å². The molecule has 0 bridgehead atoms. The number of benzene rings is 1. The van der Waals surface area contributed by atoms with Crippen LogP contribution in [0.2, 0.25) is 0 Å². The van der Waals surface area contributed by atoms with Crippen molar-refractivity contribution >= 4 is 0 Å². The van der Waals surface area contributed by atoms with Crippen LogP contribution in [0.4, 0.5) is 0 Å². The second kappa shape index (κ2) is 7.27. The molecule has 1 N–H and O–H groups in total. The summed E-state index contributed by atoms with van der Waals surface area (Å²) in [6, 6.07) is 8.44. The molecule has 1 aromatic carbocycles. The van der Waals surface area contributed by atoms with E-state index < -0.39 is 0 Å². The Labute approximate surface area is 127 Å². The first kappa shape index (κ1) is 15.6. The summed E-state index contributed by atoms with van der Waals surface area (Å²) in [6.07, 6.45) is 0.954. The van der Waals surface area contributed by atoms with Gasteiger partial charge in [0.2, 0.25) is 0 Å². The van der Waals surface area contributed by atoms with Gasteiger partial charge in [0.15, 0.2) is 0 Å². The molecule has 0 aliphatic carbocycles. The van der Waals surface area contributed by atoms with Gasteiger partial charge in [-0.3, -0.25) is 4.68 Å². The van der Waals surface area contributed by atoms with Crippen molar-refractivity contribution < 1.29 is 4.74 Å². The summed E-state index contributed by atoms with van der Waals surface area (Å²) in [5.74, 6) is 0.942. The Morgan fingerprint density at radius 3 is 2.71 bits per heavy atom. The van der Waals surface area contributed by atoms with Gasteiger partial charge >= 0.3 is 0 Å². The third kappa shape index (κ3) is 3.85. The smallest absolute Gasteiger partial charge is 0.130 e. The highest BCUT2D eigenvalue weighted by Crippen LogP contribution is 2.21. The molecule has 0 saturated heterocycles. The van der Waals surface area contributed by atoms with Gasteiger partial charge in [-0.25, -0.2) is 0 Å². The largest absolute Gasteiger partial charge is 0.487 e. The van der Waals surface area contributed by atoms with Gasteiger partial charge in [0.1, 0.15) is 12.4 Å². The minimum Gasteiger partial charge on any atom is -0.487 e. The molecule has 1 heterocycles. The molecule has 0 atom stereocenters. The van der Waals surface area contributed by atoms with Gasteiger partial charge in [-0.05, 0) is 39.4 Å². The highest BCUT2D eigenvalue weighted by atomic mass is 16.5. The lowest BCUT2D eigenvalue weighted by Crippen LogP contribution is -2.10. The van der Waals surface area contributed by atoms with E-state index in [1.165, 1.54) is 11.1 Å². The van der Waals surface area contributed by atoms with Crippen LogP contribution in [0.15, 0.2) is 24.3 Å². The fourth-order valence-corrected chi connectivity index (χ4v) is 2.41. The third-order valence-corrected chi connectivity index (χ3v) is 3.53. The maximum absolute atomic E-state index is 6.03. The summed E-state index contributed by atoms with van der Waals surface area (Å²) in [4.78, 5) is 0. The first-order valence-corrected chi connectivity index (χ1v) is 7.60. The summed E-state index contributed by atoms with van der Waals surface area (Å²) < 4.78 is 8.05. The minimum atomic E-state index is 0.556. The number of aromatic nitrogens is 2. The normalized spacial score (nSPS) is 10.9. The van der Waals surface area contributed by atoms with Crippen LogP contribution in [0.5, 0.6) is 5.75 Å². The molecule has 0 spiro atoms. The molecule has 0 aliphatic rings. The number of nitrogens with one attached hydrogen (secondary N) is 1. The molecule has 2 aromatic rings. The quantitative estimate of drug-likeness (QED) is 0.850. The Kier molecular flexibility index (Phi) is 5.39. The molecule has 0 fully saturated rings. The monoisotopic (exact) mass is 287 g/mol. The molecule has 0 amide bonds. The SMILES string of the molecule is CCc1cc(COc2ccc(C)cc2CNC)n(CC)n1. The summed E-state index contributed by atoms with van der Waals surface area (Å²) in [7, 11) is 1.95. The van der Waals surface area contributed by atoms with E-state index in [-0.39, 0.29) is 0 Å². The van der Waals surface area contributed by atoms with E-state index >= 15 is 0 Å². The van der Waals surface area contributed by atoms with Crippen molar-refractivity contribution in [3.8, 4) is 5.75 Å². The maximum atomic E-state index is 6.03. The lowest BCUT2D eigenvalue weighted by atomic mass is 10.1. The van der Waals surface area contributed by atoms with Crippen LogP contribution in [-0.4, -0.2) is 16.8 Å². The topological polar surface area (TPSA) is 39.1 Å². The zero-order valence-electron chi connectivity index (χ0n) is 13.4. The van der Waals surface area contributed by atoms with Gasteiger partial charge in [-0.15, -0.1) is 0 Å². The molecular formula is C17H25N3O. The average Bonchev–Trinajstić information content (AvgIpc) is 2.89. The minimum absolute atomic E-state index is 0.556. The zero-order valence-corrected chi connectivity index (χ0v) is 13.4. The lowest BCUT2D eigenvalue weighted by Gasteiger charge is -2.12. The van der Waals surface area contributed by atoms with Gasteiger partial charge in [-0.1, -0.05) is 24.6 Å². The Bertz CT molecular complexity index is 590. The van der Waals surface area contributed by atoms with Crippen molar-refractivity contribution in [3.05, 3.63) is 46.8 Å². The molecule has 0 aliphatic heterocycles. The fourth-order valence-electron chi connectivity index (χ4n) is 2.41. The second-order valence-electron chi connectivity index (χ2n) is 5.23. The van der Waals surface area contributed by atoms with Gasteiger partial charge in [-0.2, -0.15) is 5.10 Å². The van der Waals surface area contributed by atoms with Gasteiger partial charge < -0.3 is 10.1 Å². The standard InChI is InChI=1S/C17H25N3O/c1-5-15-10-16(20(6-2)19-15)12-21-17-8-7-13(3)9-14(17)11-18-4/h7-10,18H,5-6,11-12H2,1-4H3. The number of hydrogen-bond donors (Lipinski definition) is 1. The lowest BCUT2D eigenvalue weighted by molar-refractivity contribution is 0.289. The first-order valence-electron chi connectivity index (χ1n) is 7.60. The predicted molar refractivity (Wildman–Crippen MR) is 85.6 cm³/mol. The van der Waals surface area contributed by atoms with Crippen molar-refractivity contribution in [2.75, 3.05) is 7.05 Å². The van der Waals surface area contributed by atoms with Crippen LogP contribution < -0.4 is 10.1 Å². The summed E-state index contributed by atoms with van der Waals surface area (Å²) >= 11 is 0. The molecule has 0 radical (unpaired) electrons. The molecule has 21 heavy (non-hydrogen) atoms. The third-order valence-electron chi connectivity index (χ3n) is 3.53. The molecule has 114 valence electrons. The number of aryl methyl sites for hydroxylation is 3. The fraction of sp³-hybridized carbons (Fsp3) is 0.471. The van der Waals surface area contributed by atoms with Gasteiger partial charge in [0.25, 0.3) is 0 Å². The maximum Gasteiger partial charge on any atom is 0.130 e. The summed E-state index contributed by atoms with van der Waals surface area (Å²) in [5, 5.41) is 7.74. The Morgan fingerprint density at radius 2 is 2.05 bits per heavy atom. The van der Waals surface area contributed by atoms with Crippen molar-refractivity contribution in [2.24, 2.45) is 0 Å².